The van der Waals surface area contributed by atoms with Crippen LogP contribution in [-0.4, -0.2) is 18.7 Å². The molecule has 0 heterocycles. The first-order valence-corrected chi connectivity index (χ1v) is 8.07. The van der Waals surface area contributed by atoms with Crippen LogP contribution in [0.15, 0.2) is 70.6 Å². The fourth-order valence-corrected chi connectivity index (χ4v) is 2.94. The second-order valence-electron chi connectivity index (χ2n) is 5.58. The summed E-state index contributed by atoms with van der Waals surface area (Å²) in [7, 11) is 0. The Morgan fingerprint density at radius 3 is 1.83 bits per heavy atom. The number of carbonyl (C=O) groups excluding carboxylic acids is 2. The number of hydrogen-bond acceptors (Lipinski definition) is 4. The van der Waals surface area contributed by atoms with Gasteiger partial charge in [0.15, 0.2) is 0 Å². The molecule has 2 rings (SSSR count). The predicted octanol–water partition coefficient (Wildman–Crippen LogP) is 4.16. The summed E-state index contributed by atoms with van der Waals surface area (Å²) in [4.78, 5) is 29.1. The van der Waals surface area contributed by atoms with E-state index in [1.807, 2.05) is 60.7 Å². The van der Waals surface area contributed by atoms with Gasteiger partial charge in [0.1, 0.15) is 5.54 Å². The van der Waals surface area contributed by atoms with Crippen molar-refractivity contribution in [2.45, 2.75) is 31.2 Å². The summed E-state index contributed by atoms with van der Waals surface area (Å²) in [6.07, 6.45) is 6.61. The third-order valence-electron chi connectivity index (χ3n) is 4.11. The monoisotopic (exact) mass is 320 g/mol. The Bertz CT molecular complexity index is 676. The molecule has 0 bridgehead atoms. The van der Waals surface area contributed by atoms with Gasteiger partial charge in [-0.15, -0.1) is 0 Å². The molecule has 0 spiro atoms. The smallest absolute Gasteiger partial charge is 0.211 e. The van der Waals surface area contributed by atoms with Gasteiger partial charge in [-0.1, -0.05) is 73.5 Å². The Hall–Kier alpha value is -2.80. The molecule has 0 aromatic heterocycles. The number of isocyanates is 2. The Balaban J connectivity index is 2.29. The first kappa shape index (κ1) is 17.6. The van der Waals surface area contributed by atoms with Crippen molar-refractivity contribution in [2.75, 3.05) is 6.54 Å². The first-order valence-electron chi connectivity index (χ1n) is 8.07. The molecule has 0 atom stereocenters. The Kier molecular flexibility index (Phi) is 6.85. The fourth-order valence-electron chi connectivity index (χ4n) is 2.94. The Morgan fingerprint density at radius 2 is 1.33 bits per heavy atom. The SMILES string of the molecule is O=C=NCCCCCC(N=C=O)(c1ccccc1)c1ccccc1. The third kappa shape index (κ3) is 4.36. The van der Waals surface area contributed by atoms with Gasteiger partial charge in [-0.3, -0.25) is 0 Å². The Labute approximate surface area is 142 Å². The van der Waals surface area contributed by atoms with Gasteiger partial charge in [0.2, 0.25) is 12.2 Å². The number of benzene rings is 2. The summed E-state index contributed by atoms with van der Waals surface area (Å²) < 4.78 is 0. The van der Waals surface area contributed by atoms with Crippen LogP contribution in [0.4, 0.5) is 0 Å². The average Bonchev–Trinajstić information content (AvgIpc) is 2.65. The molecule has 0 saturated heterocycles. The number of nitrogens with zero attached hydrogens (tertiary/aromatic N) is 2. The average molecular weight is 320 g/mol. The van der Waals surface area contributed by atoms with Crippen molar-refractivity contribution in [1.82, 2.24) is 0 Å². The fraction of sp³-hybridized carbons (Fsp3) is 0.300. The van der Waals surface area contributed by atoms with E-state index in [-0.39, 0.29) is 0 Å². The molecular weight excluding hydrogens is 300 g/mol. The molecule has 0 N–H and O–H groups in total. The lowest BCUT2D eigenvalue weighted by Gasteiger charge is -2.29. The number of aliphatic imine (C=N–C) groups is 2. The minimum absolute atomic E-state index is 0.490. The van der Waals surface area contributed by atoms with Crippen LogP contribution < -0.4 is 0 Å². The topological polar surface area (TPSA) is 58.9 Å². The molecule has 2 aromatic rings. The van der Waals surface area contributed by atoms with Crippen LogP contribution in [0.25, 0.3) is 0 Å². The highest BCUT2D eigenvalue weighted by atomic mass is 16.1. The summed E-state index contributed by atoms with van der Waals surface area (Å²) in [6, 6.07) is 19.7. The van der Waals surface area contributed by atoms with Crippen LogP contribution >= 0.6 is 0 Å². The lowest BCUT2D eigenvalue weighted by Crippen LogP contribution is -2.25. The standard InChI is InChI=1S/C20H20N2O2/c23-16-21-15-9-3-8-14-20(22-17-24,18-10-4-1-5-11-18)19-12-6-2-7-13-19/h1-2,4-7,10-13H,3,8-9,14-15H2. The van der Waals surface area contributed by atoms with Gasteiger partial charge in [0.05, 0.1) is 6.54 Å². The highest BCUT2D eigenvalue weighted by Crippen LogP contribution is 2.38. The molecule has 0 saturated carbocycles. The molecule has 0 aliphatic rings. The van der Waals surface area contributed by atoms with E-state index < -0.39 is 5.54 Å². The Morgan fingerprint density at radius 1 is 0.750 bits per heavy atom. The molecule has 0 amide bonds. The van der Waals surface area contributed by atoms with Crippen molar-refractivity contribution in [3.63, 3.8) is 0 Å². The van der Waals surface area contributed by atoms with Crippen LogP contribution in [0.3, 0.4) is 0 Å². The largest absolute Gasteiger partial charge is 0.236 e. The number of rotatable bonds is 9. The van der Waals surface area contributed by atoms with Crippen LogP contribution in [0.2, 0.25) is 0 Å². The van der Waals surface area contributed by atoms with Crippen LogP contribution in [-0.2, 0) is 15.1 Å². The van der Waals surface area contributed by atoms with E-state index in [4.69, 9.17) is 0 Å². The molecule has 0 radical (unpaired) electrons. The summed E-state index contributed by atoms with van der Waals surface area (Å²) >= 11 is 0. The molecule has 0 aliphatic heterocycles. The predicted molar refractivity (Wildman–Crippen MR) is 93.2 cm³/mol. The van der Waals surface area contributed by atoms with Crippen molar-refractivity contribution >= 4 is 12.2 Å². The first-order chi connectivity index (χ1) is 11.8. The van der Waals surface area contributed by atoms with Crippen molar-refractivity contribution in [2.24, 2.45) is 9.98 Å². The highest BCUT2D eigenvalue weighted by molar-refractivity contribution is 5.45. The van der Waals surface area contributed by atoms with E-state index in [2.05, 4.69) is 9.98 Å². The maximum Gasteiger partial charge on any atom is 0.236 e. The molecule has 0 aliphatic carbocycles. The summed E-state index contributed by atoms with van der Waals surface area (Å²) in [5.74, 6) is 0. The van der Waals surface area contributed by atoms with E-state index in [1.165, 1.54) is 0 Å². The second kappa shape index (κ2) is 9.36. The molecule has 0 fully saturated rings. The molecule has 0 unspecified atom stereocenters. The maximum atomic E-state index is 11.2. The van der Waals surface area contributed by atoms with Crippen LogP contribution in [0.1, 0.15) is 36.8 Å². The van der Waals surface area contributed by atoms with E-state index in [9.17, 15) is 9.59 Å². The number of unbranched alkanes of at least 4 members (excludes halogenated alkanes) is 2. The normalized spacial score (nSPS) is 10.5. The zero-order chi connectivity index (χ0) is 17.1. The summed E-state index contributed by atoms with van der Waals surface area (Å²) in [5, 5.41) is 0. The van der Waals surface area contributed by atoms with E-state index in [0.717, 1.165) is 30.4 Å². The van der Waals surface area contributed by atoms with Crippen LogP contribution in [0.5, 0.6) is 0 Å². The minimum atomic E-state index is -0.724. The van der Waals surface area contributed by atoms with Gasteiger partial charge >= 0.3 is 0 Å². The molecule has 4 nitrogen and oxygen atoms in total. The number of hydrogen-bond donors (Lipinski definition) is 0. The van der Waals surface area contributed by atoms with E-state index in [0.29, 0.717) is 13.0 Å². The van der Waals surface area contributed by atoms with Crippen molar-refractivity contribution in [3.8, 4) is 0 Å². The lowest BCUT2D eigenvalue weighted by atomic mass is 9.79. The van der Waals surface area contributed by atoms with Gasteiger partial charge in [0, 0.05) is 0 Å². The molecular formula is C20H20N2O2. The van der Waals surface area contributed by atoms with Gasteiger partial charge in [-0.05, 0) is 24.0 Å². The quantitative estimate of drug-likeness (QED) is 0.396. The zero-order valence-electron chi connectivity index (χ0n) is 13.5. The van der Waals surface area contributed by atoms with Gasteiger partial charge in [-0.2, -0.15) is 4.99 Å². The third-order valence-corrected chi connectivity index (χ3v) is 4.11. The van der Waals surface area contributed by atoms with Crippen molar-refractivity contribution in [3.05, 3.63) is 71.8 Å². The van der Waals surface area contributed by atoms with Gasteiger partial charge in [-0.25, -0.2) is 14.6 Å². The highest BCUT2D eigenvalue weighted by Gasteiger charge is 2.33. The molecule has 4 heteroatoms. The van der Waals surface area contributed by atoms with Crippen molar-refractivity contribution < 1.29 is 9.59 Å². The minimum Gasteiger partial charge on any atom is -0.211 e. The zero-order valence-corrected chi connectivity index (χ0v) is 13.5. The van der Waals surface area contributed by atoms with Crippen LogP contribution in [0, 0.1) is 0 Å². The van der Waals surface area contributed by atoms with Crippen molar-refractivity contribution in [1.29, 1.82) is 0 Å². The molecule has 2 aromatic carbocycles. The van der Waals surface area contributed by atoms with E-state index in [1.54, 1.807) is 12.2 Å². The van der Waals surface area contributed by atoms with E-state index >= 15 is 0 Å². The van der Waals surface area contributed by atoms with Gasteiger partial charge in [0.25, 0.3) is 0 Å². The van der Waals surface area contributed by atoms with Gasteiger partial charge < -0.3 is 0 Å². The summed E-state index contributed by atoms with van der Waals surface area (Å²) in [5.41, 5.74) is 1.23. The lowest BCUT2D eigenvalue weighted by molar-refractivity contribution is 0.454. The summed E-state index contributed by atoms with van der Waals surface area (Å²) in [6.45, 7) is 0.490. The molecule has 122 valence electrons. The molecule has 24 heavy (non-hydrogen) atoms. The second-order valence-corrected chi connectivity index (χ2v) is 5.58. The maximum absolute atomic E-state index is 11.2.